The van der Waals surface area contributed by atoms with Crippen molar-refractivity contribution in [2.45, 2.75) is 32.4 Å². The Morgan fingerprint density at radius 3 is 2.64 bits per heavy atom. The summed E-state index contributed by atoms with van der Waals surface area (Å²) in [7, 11) is 0. The Kier molecular flexibility index (Phi) is 4.43. The first-order chi connectivity index (χ1) is 11.9. The molecule has 1 saturated carbocycles. The number of hydrogen-bond donors (Lipinski definition) is 2. The molecule has 0 spiro atoms. The maximum atomic E-state index is 12.6. The Morgan fingerprint density at radius 2 is 2.00 bits per heavy atom. The number of aliphatic carboxylic acids is 1. The lowest BCUT2D eigenvalue weighted by molar-refractivity contribution is -0.143. The summed E-state index contributed by atoms with van der Waals surface area (Å²) in [5.41, 5.74) is -0.770. The van der Waals surface area contributed by atoms with Crippen molar-refractivity contribution in [2.75, 3.05) is 6.54 Å². The predicted octanol–water partition coefficient (Wildman–Crippen LogP) is 0.401. The second-order valence-electron chi connectivity index (χ2n) is 6.38. The van der Waals surface area contributed by atoms with Crippen molar-refractivity contribution in [1.29, 1.82) is 0 Å². The van der Waals surface area contributed by atoms with Gasteiger partial charge in [0.1, 0.15) is 6.54 Å². The zero-order chi connectivity index (χ0) is 18.1. The van der Waals surface area contributed by atoms with Crippen molar-refractivity contribution in [3.8, 4) is 0 Å². The van der Waals surface area contributed by atoms with Gasteiger partial charge in [-0.05, 0) is 25.0 Å². The number of H-pyrrole nitrogens is 1. The lowest BCUT2D eigenvalue weighted by Gasteiger charge is -2.24. The van der Waals surface area contributed by atoms with E-state index in [4.69, 9.17) is 5.11 Å². The van der Waals surface area contributed by atoms with E-state index in [0.717, 1.165) is 17.4 Å². The summed E-state index contributed by atoms with van der Waals surface area (Å²) in [6, 6.07) is 6.58. The van der Waals surface area contributed by atoms with Crippen LogP contribution in [0.2, 0.25) is 0 Å². The van der Waals surface area contributed by atoms with Crippen LogP contribution in [0.4, 0.5) is 0 Å². The van der Waals surface area contributed by atoms with Crippen molar-refractivity contribution in [1.82, 2.24) is 14.5 Å². The molecule has 3 rings (SSSR count). The van der Waals surface area contributed by atoms with E-state index in [0.29, 0.717) is 10.9 Å². The van der Waals surface area contributed by atoms with Gasteiger partial charge in [0.25, 0.3) is 5.56 Å². The highest BCUT2D eigenvalue weighted by molar-refractivity contribution is 5.80. The molecule has 2 aromatic rings. The first kappa shape index (κ1) is 16.9. The zero-order valence-corrected chi connectivity index (χ0v) is 13.8. The van der Waals surface area contributed by atoms with Crippen molar-refractivity contribution >= 4 is 22.8 Å². The summed E-state index contributed by atoms with van der Waals surface area (Å²) in [4.78, 5) is 52.4. The van der Waals surface area contributed by atoms with E-state index in [1.807, 2.05) is 0 Å². The number of aromatic amines is 1. The number of aromatic nitrogens is 2. The third-order valence-electron chi connectivity index (χ3n) is 4.38. The van der Waals surface area contributed by atoms with Crippen LogP contribution >= 0.6 is 0 Å². The van der Waals surface area contributed by atoms with E-state index >= 15 is 0 Å². The molecule has 0 aliphatic heterocycles. The van der Waals surface area contributed by atoms with Crippen molar-refractivity contribution in [3.05, 3.63) is 45.1 Å². The van der Waals surface area contributed by atoms with Gasteiger partial charge in [0.2, 0.25) is 5.91 Å². The van der Waals surface area contributed by atoms with E-state index < -0.39 is 35.6 Å². The molecule has 1 aromatic heterocycles. The van der Waals surface area contributed by atoms with Crippen molar-refractivity contribution in [3.63, 3.8) is 0 Å². The average Bonchev–Trinajstić information content (AvgIpc) is 3.40. The molecule has 2 N–H and O–H groups in total. The molecule has 1 fully saturated rings. The minimum Gasteiger partial charge on any atom is -0.481 e. The first-order valence-corrected chi connectivity index (χ1v) is 8.12. The highest BCUT2D eigenvalue weighted by Gasteiger charge is 2.34. The number of amides is 1. The van der Waals surface area contributed by atoms with Crippen molar-refractivity contribution < 1.29 is 14.7 Å². The molecular formula is C17H19N3O5. The molecule has 1 aliphatic rings. The van der Waals surface area contributed by atoms with Crippen LogP contribution in [0.3, 0.4) is 0 Å². The largest absolute Gasteiger partial charge is 0.481 e. The van der Waals surface area contributed by atoms with E-state index in [2.05, 4.69) is 4.98 Å². The number of hydrogen-bond acceptors (Lipinski definition) is 4. The molecule has 25 heavy (non-hydrogen) atoms. The highest BCUT2D eigenvalue weighted by Crippen LogP contribution is 2.27. The highest BCUT2D eigenvalue weighted by atomic mass is 16.4. The smallest absolute Gasteiger partial charge is 0.329 e. The minimum absolute atomic E-state index is 0.00969. The third-order valence-corrected chi connectivity index (χ3v) is 4.38. The van der Waals surface area contributed by atoms with Gasteiger partial charge in [-0.15, -0.1) is 0 Å². The molecule has 1 atom stereocenters. The Hall–Kier alpha value is -2.90. The Labute approximate surface area is 142 Å². The summed E-state index contributed by atoms with van der Waals surface area (Å²) in [6.45, 7) is 1.20. The van der Waals surface area contributed by atoms with Gasteiger partial charge in [0.05, 0.1) is 16.8 Å². The zero-order valence-electron chi connectivity index (χ0n) is 13.8. The van der Waals surface area contributed by atoms with Crippen LogP contribution in [0, 0.1) is 5.92 Å². The minimum atomic E-state index is -0.987. The van der Waals surface area contributed by atoms with Gasteiger partial charge in [0, 0.05) is 12.6 Å². The molecule has 0 saturated heterocycles. The topological polar surface area (TPSA) is 112 Å². The Morgan fingerprint density at radius 1 is 1.32 bits per heavy atom. The van der Waals surface area contributed by atoms with E-state index in [1.165, 1.54) is 11.8 Å². The van der Waals surface area contributed by atoms with Gasteiger partial charge in [0.15, 0.2) is 0 Å². The molecule has 1 heterocycles. The normalized spacial score (nSPS) is 15.1. The monoisotopic (exact) mass is 345 g/mol. The summed E-state index contributed by atoms with van der Waals surface area (Å²) >= 11 is 0. The second-order valence-corrected chi connectivity index (χ2v) is 6.38. The van der Waals surface area contributed by atoms with Gasteiger partial charge >= 0.3 is 11.7 Å². The van der Waals surface area contributed by atoms with Crippen LogP contribution in [0.15, 0.2) is 33.9 Å². The molecule has 1 unspecified atom stereocenters. The molecule has 0 bridgehead atoms. The Bertz CT molecular complexity index is 941. The number of carbonyl (C=O) groups is 2. The van der Waals surface area contributed by atoms with Crippen LogP contribution < -0.4 is 11.2 Å². The molecule has 1 aliphatic carbocycles. The lowest BCUT2D eigenvalue weighted by Crippen LogP contribution is -2.45. The number of rotatable bonds is 6. The fraction of sp³-hybridized carbons (Fsp3) is 0.412. The number of carboxylic acid groups (broad SMARTS) is 1. The number of fused-ring (bicyclic) bond motifs is 1. The van der Waals surface area contributed by atoms with Gasteiger partial charge < -0.3 is 15.0 Å². The number of para-hydroxylation sites is 1. The van der Waals surface area contributed by atoms with Gasteiger partial charge in [-0.25, -0.2) is 4.79 Å². The summed E-state index contributed by atoms with van der Waals surface area (Å²) < 4.78 is 0.867. The van der Waals surface area contributed by atoms with E-state index in [1.54, 1.807) is 24.3 Å². The number of nitrogens with zero attached hydrogens (tertiary/aromatic N) is 2. The molecule has 1 amide bonds. The maximum Gasteiger partial charge on any atom is 0.329 e. The van der Waals surface area contributed by atoms with Crippen LogP contribution in [0.5, 0.6) is 0 Å². The molecule has 132 valence electrons. The molecule has 1 aromatic carbocycles. The standard InChI is InChI=1S/C17H19N3O5/c1-10(16(23)24)8-19(11-6-7-11)14(21)9-20-15(22)12-4-2-3-5-13(12)18-17(20)25/h2-5,10-11H,6-9H2,1H3,(H,18,25)(H,23,24). The average molecular weight is 345 g/mol. The fourth-order valence-electron chi connectivity index (χ4n) is 2.78. The van der Waals surface area contributed by atoms with Gasteiger partial charge in [-0.2, -0.15) is 0 Å². The Balaban J connectivity index is 1.89. The quantitative estimate of drug-likeness (QED) is 0.787. The summed E-state index contributed by atoms with van der Waals surface area (Å²) in [5.74, 6) is -2.12. The number of benzene rings is 1. The van der Waals surface area contributed by atoms with E-state index in [9.17, 15) is 19.2 Å². The second kappa shape index (κ2) is 6.54. The van der Waals surface area contributed by atoms with Crippen LogP contribution in [-0.4, -0.2) is 44.0 Å². The molecule has 8 nitrogen and oxygen atoms in total. The molecular weight excluding hydrogens is 326 g/mol. The molecule has 0 radical (unpaired) electrons. The van der Waals surface area contributed by atoms with Gasteiger partial charge in [-0.1, -0.05) is 19.1 Å². The van der Waals surface area contributed by atoms with Gasteiger partial charge in [-0.3, -0.25) is 19.0 Å². The lowest BCUT2D eigenvalue weighted by atomic mass is 10.1. The van der Waals surface area contributed by atoms with Crippen LogP contribution in [0.25, 0.3) is 10.9 Å². The fourth-order valence-corrected chi connectivity index (χ4v) is 2.78. The number of carbonyl (C=O) groups excluding carboxylic acids is 1. The number of nitrogens with one attached hydrogen (secondary N) is 1. The summed E-state index contributed by atoms with van der Waals surface area (Å²) in [5, 5.41) is 9.39. The van der Waals surface area contributed by atoms with E-state index in [-0.39, 0.29) is 12.6 Å². The third kappa shape index (κ3) is 3.47. The molecule has 8 heteroatoms. The van der Waals surface area contributed by atoms with Crippen molar-refractivity contribution in [2.24, 2.45) is 5.92 Å². The maximum absolute atomic E-state index is 12.6. The summed E-state index contributed by atoms with van der Waals surface area (Å²) in [6.07, 6.45) is 1.61. The first-order valence-electron chi connectivity index (χ1n) is 8.12. The van der Waals surface area contributed by atoms with Crippen LogP contribution in [-0.2, 0) is 16.1 Å². The predicted molar refractivity (Wildman–Crippen MR) is 90.4 cm³/mol. The SMILES string of the molecule is CC(CN(C(=O)Cn1c(=O)[nH]c2ccccc2c1=O)C1CC1)C(=O)O. The number of carboxylic acids is 1. The van der Waals surface area contributed by atoms with Crippen LogP contribution in [0.1, 0.15) is 19.8 Å².